The minimum absolute atomic E-state index is 0.236. The lowest BCUT2D eigenvalue weighted by Crippen LogP contribution is -2.37. The topological polar surface area (TPSA) is 108 Å². The summed E-state index contributed by atoms with van der Waals surface area (Å²) in [6.07, 6.45) is 7.17. The van der Waals surface area contributed by atoms with E-state index in [9.17, 15) is 0 Å². The number of hydrogen-bond acceptors (Lipinski definition) is 7. The number of fused-ring (bicyclic) bond motifs is 2. The SMILES string of the molecule is Nc1nc[n+](CCn2ccnc2)c2nc(Sc3cc4c(cc3Br)OCO4)[nH]c12. The maximum Gasteiger partial charge on any atom is 0.294 e. The van der Waals surface area contributed by atoms with Crippen LogP contribution < -0.4 is 19.8 Å². The Morgan fingerprint density at radius 2 is 2.18 bits per heavy atom. The van der Waals surface area contributed by atoms with E-state index in [4.69, 9.17) is 20.2 Å². The van der Waals surface area contributed by atoms with Crippen LogP contribution in [0.1, 0.15) is 0 Å². The molecule has 28 heavy (non-hydrogen) atoms. The summed E-state index contributed by atoms with van der Waals surface area (Å²) in [5.41, 5.74) is 7.53. The maximum atomic E-state index is 6.06. The van der Waals surface area contributed by atoms with Crippen molar-refractivity contribution in [3.8, 4) is 11.5 Å². The van der Waals surface area contributed by atoms with Gasteiger partial charge in [-0.2, -0.15) is 0 Å². The van der Waals surface area contributed by atoms with Crippen molar-refractivity contribution in [1.82, 2.24) is 24.5 Å². The van der Waals surface area contributed by atoms with E-state index in [0.717, 1.165) is 33.1 Å². The van der Waals surface area contributed by atoms with Crippen LogP contribution >= 0.6 is 27.7 Å². The zero-order valence-corrected chi connectivity index (χ0v) is 16.9. The Balaban J connectivity index is 1.46. The van der Waals surface area contributed by atoms with E-state index in [2.05, 4.69) is 30.9 Å². The molecule has 0 bridgehead atoms. The fourth-order valence-corrected chi connectivity index (χ4v) is 4.30. The highest BCUT2D eigenvalue weighted by Gasteiger charge is 2.22. The van der Waals surface area contributed by atoms with Gasteiger partial charge >= 0.3 is 0 Å². The first-order valence-corrected chi connectivity index (χ1v) is 10.0. The minimum atomic E-state index is 0.236. The Bertz CT molecular complexity index is 1160. The minimum Gasteiger partial charge on any atom is -0.454 e. The molecule has 0 unspecified atom stereocenters. The van der Waals surface area contributed by atoms with Crippen molar-refractivity contribution in [3.05, 3.63) is 41.7 Å². The number of anilines is 1. The number of nitrogens with one attached hydrogen (secondary N) is 1. The highest BCUT2D eigenvalue weighted by Crippen LogP contribution is 2.42. The number of benzene rings is 1. The first kappa shape index (κ1) is 17.3. The quantitative estimate of drug-likeness (QED) is 0.440. The Morgan fingerprint density at radius 3 is 3.00 bits per heavy atom. The predicted octanol–water partition coefficient (Wildman–Crippen LogP) is 2.37. The van der Waals surface area contributed by atoms with Gasteiger partial charge in [0.05, 0.1) is 19.4 Å². The van der Waals surface area contributed by atoms with Crippen LogP contribution in [0.4, 0.5) is 5.82 Å². The zero-order chi connectivity index (χ0) is 19.1. The van der Waals surface area contributed by atoms with Crippen LogP contribution in [0.3, 0.4) is 0 Å². The third kappa shape index (κ3) is 3.16. The summed E-state index contributed by atoms with van der Waals surface area (Å²) in [6.45, 7) is 1.69. The number of imidazole rings is 2. The van der Waals surface area contributed by atoms with Gasteiger partial charge in [0.25, 0.3) is 5.65 Å². The molecule has 11 heteroatoms. The standard InChI is InChI=1S/C17H14BrN7O2S/c18-10-5-11-12(27-9-26-11)6-13(10)28-17-22-14-15(19)21-8-25(16(14)23-17)4-3-24-2-1-20-7-24/h1-2,5-8H,3-4,9H2,(H2,19,22,23)/p+1. The van der Waals surface area contributed by atoms with Gasteiger partial charge < -0.3 is 24.8 Å². The van der Waals surface area contributed by atoms with E-state index in [1.165, 1.54) is 11.8 Å². The molecule has 9 nitrogen and oxygen atoms in total. The number of ether oxygens (including phenoxy) is 2. The number of nitrogens with zero attached hydrogens (tertiary/aromatic N) is 5. The van der Waals surface area contributed by atoms with Gasteiger partial charge in [0.1, 0.15) is 0 Å². The summed E-state index contributed by atoms with van der Waals surface area (Å²) >= 11 is 5.06. The Labute approximate surface area is 172 Å². The molecule has 4 heterocycles. The van der Waals surface area contributed by atoms with E-state index in [1.54, 1.807) is 18.9 Å². The fourth-order valence-electron chi connectivity index (χ4n) is 2.92. The molecule has 0 saturated carbocycles. The van der Waals surface area contributed by atoms with Crippen molar-refractivity contribution in [2.75, 3.05) is 12.5 Å². The van der Waals surface area contributed by atoms with E-state index < -0.39 is 0 Å². The number of hydrogen-bond donors (Lipinski definition) is 2. The van der Waals surface area contributed by atoms with E-state index in [0.29, 0.717) is 23.0 Å². The number of H-pyrrole nitrogens is 1. The molecule has 3 N–H and O–H groups in total. The number of aromatic amines is 1. The van der Waals surface area contributed by atoms with Crippen LogP contribution in [0.15, 0.2) is 51.7 Å². The number of halogens is 1. The van der Waals surface area contributed by atoms with Crippen molar-refractivity contribution in [2.24, 2.45) is 0 Å². The molecule has 0 atom stereocenters. The van der Waals surface area contributed by atoms with E-state index in [1.807, 2.05) is 27.5 Å². The molecule has 0 aliphatic carbocycles. The highest BCUT2D eigenvalue weighted by atomic mass is 79.9. The van der Waals surface area contributed by atoms with Gasteiger partial charge in [0.15, 0.2) is 17.0 Å². The molecule has 0 saturated heterocycles. The molecular formula is C17H15BrN7O2S+. The smallest absolute Gasteiger partial charge is 0.294 e. The third-order valence-corrected chi connectivity index (χ3v) is 6.18. The number of nitrogens with two attached hydrogens (primary N) is 1. The second-order valence-electron chi connectivity index (χ2n) is 6.10. The lowest BCUT2D eigenvalue weighted by molar-refractivity contribution is -0.677. The van der Waals surface area contributed by atoms with E-state index in [-0.39, 0.29) is 6.79 Å². The molecule has 3 aromatic heterocycles. The van der Waals surface area contributed by atoms with Gasteiger partial charge in [-0.1, -0.05) is 9.97 Å². The molecule has 5 rings (SSSR count). The number of rotatable bonds is 5. The lowest BCUT2D eigenvalue weighted by Gasteiger charge is -2.03. The van der Waals surface area contributed by atoms with E-state index >= 15 is 0 Å². The van der Waals surface area contributed by atoms with Gasteiger partial charge in [-0.3, -0.25) is 0 Å². The molecule has 4 aromatic rings. The summed E-state index contributed by atoms with van der Waals surface area (Å²) in [5, 5.41) is 0.714. The maximum absolute atomic E-state index is 6.06. The Hall–Kier alpha value is -2.79. The summed E-state index contributed by atoms with van der Waals surface area (Å²) < 4.78 is 15.7. The second kappa shape index (κ2) is 6.99. The lowest BCUT2D eigenvalue weighted by atomic mass is 10.3. The average molecular weight is 461 g/mol. The monoisotopic (exact) mass is 460 g/mol. The van der Waals surface area contributed by atoms with Crippen LogP contribution in [-0.2, 0) is 13.1 Å². The van der Waals surface area contributed by atoms with Crippen LogP contribution in [-0.4, -0.2) is 31.3 Å². The largest absolute Gasteiger partial charge is 0.454 e. The Kier molecular flexibility index (Phi) is 4.32. The van der Waals surface area contributed by atoms with Crippen LogP contribution in [0.5, 0.6) is 11.5 Å². The molecule has 1 aliphatic heterocycles. The molecule has 0 radical (unpaired) electrons. The molecule has 0 spiro atoms. The van der Waals surface area contributed by atoms with Gasteiger partial charge in [-0.25, -0.2) is 9.55 Å². The third-order valence-electron chi connectivity index (χ3n) is 4.32. The van der Waals surface area contributed by atoms with Crippen LogP contribution in [0, 0.1) is 0 Å². The van der Waals surface area contributed by atoms with Crippen molar-refractivity contribution >= 4 is 44.7 Å². The van der Waals surface area contributed by atoms with Crippen LogP contribution in [0.2, 0.25) is 0 Å². The molecule has 1 aromatic carbocycles. The normalized spacial score (nSPS) is 12.8. The molecular weight excluding hydrogens is 446 g/mol. The molecule has 142 valence electrons. The van der Waals surface area contributed by atoms with Gasteiger partial charge in [-0.05, 0) is 39.8 Å². The molecule has 0 fully saturated rings. The summed E-state index contributed by atoms with van der Waals surface area (Å²) in [5.74, 6) is 1.86. The van der Waals surface area contributed by atoms with Crippen molar-refractivity contribution < 1.29 is 14.0 Å². The molecule has 1 aliphatic rings. The van der Waals surface area contributed by atoms with Crippen molar-refractivity contribution in [3.63, 3.8) is 0 Å². The summed E-state index contributed by atoms with van der Waals surface area (Å²) in [7, 11) is 0. The van der Waals surface area contributed by atoms with Crippen molar-refractivity contribution in [1.29, 1.82) is 0 Å². The number of nitrogen functional groups attached to an aromatic ring is 1. The van der Waals surface area contributed by atoms with Crippen molar-refractivity contribution in [2.45, 2.75) is 23.1 Å². The van der Waals surface area contributed by atoms with Crippen LogP contribution in [0.25, 0.3) is 11.2 Å². The second-order valence-corrected chi connectivity index (χ2v) is 7.99. The fraction of sp³-hybridized carbons (Fsp3) is 0.176. The number of aromatic nitrogens is 6. The van der Waals surface area contributed by atoms with Gasteiger partial charge in [0.2, 0.25) is 24.1 Å². The Morgan fingerprint density at radius 1 is 1.32 bits per heavy atom. The molecule has 0 amide bonds. The highest BCUT2D eigenvalue weighted by molar-refractivity contribution is 9.10. The zero-order valence-electron chi connectivity index (χ0n) is 14.5. The summed E-state index contributed by atoms with van der Waals surface area (Å²) in [4.78, 5) is 17.3. The summed E-state index contributed by atoms with van der Waals surface area (Å²) in [6, 6.07) is 3.83. The first-order chi connectivity index (χ1) is 13.7. The van der Waals surface area contributed by atoms with Gasteiger partial charge in [-0.15, -0.1) is 0 Å². The first-order valence-electron chi connectivity index (χ1n) is 8.44. The number of aryl methyl sites for hydroxylation is 2. The predicted molar refractivity (Wildman–Crippen MR) is 105 cm³/mol. The van der Waals surface area contributed by atoms with Gasteiger partial charge in [0, 0.05) is 21.8 Å². The average Bonchev–Trinajstić information content (AvgIpc) is 3.42.